The highest BCUT2D eigenvalue weighted by Crippen LogP contribution is 2.37. The van der Waals surface area contributed by atoms with Crippen LogP contribution in [0.3, 0.4) is 0 Å². The first kappa shape index (κ1) is 15.5. The van der Waals surface area contributed by atoms with Crippen molar-refractivity contribution in [3.63, 3.8) is 0 Å². The summed E-state index contributed by atoms with van der Waals surface area (Å²) >= 11 is 0. The molecule has 0 bridgehead atoms. The second-order valence-electron chi connectivity index (χ2n) is 5.96. The average Bonchev–Trinajstić information content (AvgIpc) is 2.87. The first-order valence-electron chi connectivity index (χ1n) is 6.99. The second kappa shape index (κ2) is 5.46. The van der Waals surface area contributed by atoms with Crippen LogP contribution >= 0.6 is 0 Å². The number of sulfonamides is 1. The van der Waals surface area contributed by atoms with Gasteiger partial charge in [0.15, 0.2) is 5.03 Å². The Labute approximate surface area is 121 Å². The Morgan fingerprint density at radius 3 is 2.55 bits per heavy atom. The molecule has 2 rings (SSSR count). The number of hydrogen-bond donors (Lipinski definition) is 1. The molecule has 1 aliphatic carbocycles. The van der Waals surface area contributed by atoms with Crippen molar-refractivity contribution in [1.29, 1.82) is 0 Å². The van der Waals surface area contributed by atoms with Crippen molar-refractivity contribution >= 4 is 10.0 Å². The van der Waals surface area contributed by atoms with Crippen molar-refractivity contribution in [2.45, 2.75) is 43.2 Å². The van der Waals surface area contributed by atoms with Gasteiger partial charge in [-0.15, -0.1) is 0 Å². The Kier molecular flexibility index (Phi) is 4.22. The highest BCUT2D eigenvalue weighted by molar-refractivity contribution is 7.89. The van der Waals surface area contributed by atoms with Crippen LogP contribution < -0.4 is 5.73 Å². The summed E-state index contributed by atoms with van der Waals surface area (Å²) in [4.78, 5) is 3.98. The third-order valence-corrected chi connectivity index (χ3v) is 6.41. The van der Waals surface area contributed by atoms with E-state index >= 15 is 0 Å². The fourth-order valence-corrected chi connectivity index (χ4v) is 4.39. The molecule has 0 spiro atoms. The standard InChI is InChI=1S/C13H24N4O2S/c1-11-4-6-13(9-14,7-5-11)17(3)20(18,19)12-8-16(2)10-15-12/h8,10-11H,4-7,9,14H2,1-3H3. The number of likely N-dealkylation sites (N-methyl/N-ethyl adjacent to an activating group) is 1. The highest BCUT2D eigenvalue weighted by atomic mass is 32.2. The van der Waals surface area contributed by atoms with Crippen LogP contribution in [0.5, 0.6) is 0 Å². The van der Waals surface area contributed by atoms with Crippen molar-refractivity contribution in [1.82, 2.24) is 13.9 Å². The predicted molar refractivity (Wildman–Crippen MR) is 77.6 cm³/mol. The fraction of sp³-hybridized carbons (Fsp3) is 0.769. The molecule has 1 aromatic heterocycles. The third kappa shape index (κ3) is 2.62. The summed E-state index contributed by atoms with van der Waals surface area (Å²) in [5.74, 6) is 0.639. The number of aryl methyl sites for hydroxylation is 1. The molecule has 0 atom stereocenters. The van der Waals surface area contributed by atoms with Gasteiger partial charge in [-0.05, 0) is 31.6 Å². The minimum atomic E-state index is -3.58. The number of hydrogen-bond acceptors (Lipinski definition) is 4. The van der Waals surface area contributed by atoms with Gasteiger partial charge in [-0.1, -0.05) is 6.92 Å². The van der Waals surface area contributed by atoms with Crippen LogP contribution in [0.25, 0.3) is 0 Å². The predicted octanol–water partition coefficient (Wildman–Crippen LogP) is 0.948. The van der Waals surface area contributed by atoms with Gasteiger partial charge in [-0.25, -0.2) is 13.4 Å². The Morgan fingerprint density at radius 2 is 2.10 bits per heavy atom. The molecular formula is C13H24N4O2S. The van der Waals surface area contributed by atoms with Crippen molar-refractivity contribution in [2.75, 3.05) is 13.6 Å². The van der Waals surface area contributed by atoms with Gasteiger partial charge < -0.3 is 10.3 Å². The van der Waals surface area contributed by atoms with E-state index in [-0.39, 0.29) is 5.03 Å². The second-order valence-corrected chi connectivity index (χ2v) is 7.88. The lowest BCUT2D eigenvalue weighted by atomic mass is 9.77. The molecule has 1 aliphatic rings. The molecule has 0 aliphatic heterocycles. The highest BCUT2D eigenvalue weighted by Gasteiger charge is 2.43. The van der Waals surface area contributed by atoms with E-state index in [1.165, 1.54) is 16.8 Å². The van der Waals surface area contributed by atoms with Crippen LogP contribution in [0.2, 0.25) is 0 Å². The van der Waals surface area contributed by atoms with E-state index in [0.717, 1.165) is 25.7 Å². The van der Waals surface area contributed by atoms with E-state index in [1.807, 2.05) is 0 Å². The number of imidazole rings is 1. The van der Waals surface area contributed by atoms with Gasteiger partial charge in [0.05, 0.1) is 6.33 Å². The maximum absolute atomic E-state index is 12.7. The molecule has 6 nitrogen and oxygen atoms in total. The molecule has 1 heterocycles. The van der Waals surface area contributed by atoms with Crippen LogP contribution in [0, 0.1) is 5.92 Å². The van der Waals surface area contributed by atoms with Gasteiger partial charge in [-0.2, -0.15) is 4.31 Å². The zero-order valence-electron chi connectivity index (χ0n) is 12.4. The van der Waals surface area contributed by atoms with Crippen molar-refractivity contribution < 1.29 is 8.42 Å². The molecule has 1 saturated carbocycles. The normalized spacial score (nSPS) is 27.9. The summed E-state index contributed by atoms with van der Waals surface area (Å²) in [6.45, 7) is 2.55. The van der Waals surface area contributed by atoms with E-state index in [2.05, 4.69) is 11.9 Å². The van der Waals surface area contributed by atoms with Gasteiger partial charge in [0.1, 0.15) is 0 Å². The minimum absolute atomic E-state index is 0.0916. The molecule has 0 unspecified atom stereocenters. The first-order valence-corrected chi connectivity index (χ1v) is 8.43. The smallest absolute Gasteiger partial charge is 0.262 e. The summed E-state index contributed by atoms with van der Waals surface area (Å²) in [6, 6.07) is 0. The molecule has 0 radical (unpaired) electrons. The van der Waals surface area contributed by atoms with Crippen molar-refractivity contribution in [2.24, 2.45) is 18.7 Å². The van der Waals surface area contributed by atoms with Gasteiger partial charge in [0.25, 0.3) is 10.0 Å². The number of aromatic nitrogens is 2. The summed E-state index contributed by atoms with van der Waals surface area (Å²) in [5, 5.41) is 0.0916. The summed E-state index contributed by atoms with van der Waals surface area (Å²) < 4.78 is 28.5. The Morgan fingerprint density at radius 1 is 1.50 bits per heavy atom. The maximum Gasteiger partial charge on any atom is 0.262 e. The van der Waals surface area contributed by atoms with Crippen LogP contribution in [0.15, 0.2) is 17.6 Å². The topological polar surface area (TPSA) is 81.2 Å². The lowest BCUT2D eigenvalue weighted by molar-refractivity contribution is 0.135. The van der Waals surface area contributed by atoms with Crippen LogP contribution in [0.4, 0.5) is 0 Å². The van der Waals surface area contributed by atoms with E-state index in [9.17, 15) is 8.42 Å². The zero-order valence-corrected chi connectivity index (χ0v) is 13.2. The van der Waals surface area contributed by atoms with Gasteiger partial charge >= 0.3 is 0 Å². The third-order valence-electron chi connectivity index (χ3n) is 4.56. The molecule has 0 aromatic carbocycles. The summed E-state index contributed by atoms with van der Waals surface area (Å²) in [7, 11) is -0.196. The molecule has 114 valence electrons. The monoisotopic (exact) mass is 300 g/mol. The number of rotatable bonds is 4. The molecule has 1 aromatic rings. The summed E-state index contributed by atoms with van der Waals surface area (Å²) in [6.07, 6.45) is 6.68. The quantitative estimate of drug-likeness (QED) is 0.897. The molecule has 20 heavy (non-hydrogen) atoms. The van der Waals surface area contributed by atoms with E-state index in [1.54, 1.807) is 18.7 Å². The van der Waals surface area contributed by atoms with Gasteiger partial charge in [0.2, 0.25) is 0 Å². The average molecular weight is 300 g/mol. The number of nitrogens with zero attached hydrogens (tertiary/aromatic N) is 3. The molecule has 0 saturated heterocycles. The zero-order chi connectivity index (χ0) is 15.0. The Hall–Kier alpha value is -0.920. The maximum atomic E-state index is 12.7. The van der Waals surface area contributed by atoms with Gasteiger partial charge in [-0.3, -0.25) is 0 Å². The van der Waals surface area contributed by atoms with Crippen molar-refractivity contribution in [3.8, 4) is 0 Å². The van der Waals surface area contributed by atoms with E-state index in [0.29, 0.717) is 12.5 Å². The van der Waals surface area contributed by atoms with E-state index < -0.39 is 15.6 Å². The molecule has 1 fully saturated rings. The van der Waals surface area contributed by atoms with E-state index in [4.69, 9.17) is 5.73 Å². The lowest BCUT2D eigenvalue weighted by Gasteiger charge is -2.44. The molecule has 7 heteroatoms. The summed E-state index contributed by atoms with van der Waals surface area (Å²) in [5.41, 5.74) is 5.46. The molecular weight excluding hydrogens is 276 g/mol. The molecule has 2 N–H and O–H groups in total. The largest absolute Gasteiger partial charge is 0.339 e. The minimum Gasteiger partial charge on any atom is -0.339 e. The lowest BCUT2D eigenvalue weighted by Crippen LogP contribution is -2.56. The van der Waals surface area contributed by atoms with Crippen molar-refractivity contribution in [3.05, 3.63) is 12.5 Å². The van der Waals surface area contributed by atoms with Crippen LogP contribution in [0.1, 0.15) is 32.6 Å². The number of nitrogens with two attached hydrogens (primary N) is 1. The fourth-order valence-electron chi connectivity index (χ4n) is 2.86. The SMILES string of the molecule is CC1CCC(CN)(N(C)S(=O)(=O)c2cn(C)cn2)CC1. The Bertz CT molecular complexity index is 559. The molecule has 0 amide bonds. The Balaban J connectivity index is 2.31. The van der Waals surface area contributed by atoms with Crippen LogP contribution in [-0.4, -0.2) is 41.4 Å². The van der Waals surface area contributed by atoms with Crippen LogP contribution in [-0.2, 0) is 17.1 Å². The first-order chi connectivity index (χ1) is 9.32. The van der Waals surface area contributed by atoms with Gasteiger partial charge in [0, 0.05) is 32.4 Å².